The number of benzene rings is 1. The Balaban J connectivity index is 1.58. The van der Waals surface area contributed by atoms with Crippen LogP contribution in [-0.4, -0.2) is 47.1 Å². The number of hydrogen-bond acceptors (Lipinski definition) is 6. The van der Waals surface area contributed by atoms with E-state index in [0.29, 0.717) is 12.8 Å². The summed E-state index contributed by atoms with van der Waals surface area (Å²) in [6, 6.07) is 5.05. The van der Waals surface area contributed by atoms with Crippen molar-refractivity contribution < 1.29 is 28.7 Å². The van der Waals surface area contributed by atoms with Crippen molar-refractivity contribution in [2.24, 2.45) is 17.6 Å². The number of carbonyl (C=O) groups excluding carboxylic acids is 5. The van der Waals surface area contributed by atoms with Crippen LogP contribution in [0, 0.1) is 11.8 Å². The lowest BCUT2D eigenvalue weighted by molar-refractivity contribution is -0.159. The fourth-order valence-electron chi connectivity index (χ4n) is 3.93. The molecule has 3 N–H and O–H groups in total. The van der Waals surface area contributed by atoms with E-state index < -0.39 is 30.4 Å². The molecule has 3 rings (SSSR count). The Morgan fingerprint density at radius 1 is 1.14 bits per heavy atom. The normalized spacial score (nSPS) is 22.0. The maximum Gasteiger partial charge on any atom is 0.329 e. The van der Waals surface area contributed by atoms with E-state index >= 15 is 0 Å². The highest BCUT2D eigenvalue weighted by Gasteiger charge is 2.51. The molecule has 1 saturated heterocycles. The van der Waals surface area contributed by atoms with Crippen molar-refractivity contribution in [1.82, 2.24) is 4.90 Å². The van der Waals surface area contributed by atoms with Gasteiger partial charge in [-0.25, -0.2) is 4.79 Å². The van der Waals surface area contributed by atoms with Crippen molar-refractivity contribution in [2.75, 3.05) is 11.9 Å². The van der Waals surface area contributed by atoms with E-state index in [2.05, 4.69) is 5.32 Å². The summed E-state index contributed by atoms with van der Waals surface area (Å²) in [6.45, 7) is 0.787. The standard InChI is InChI=1S/C20H23N3O6/c1-11(23-18(26)12-6-2-3-7-13(12)19(23)27)20(28)29-10-16(24)22-15-9-5-4-8-14(15)17(21)25/h4-5,8-9,11-13H,2-3,6-7,10H2,1H3,(H2,21,25)(H,22,24)/t11-,12-,13-/m0/s1. The first-order chi connectivity index (χ1) is 13.8. The van der Waals surface area contributed by atoms with Gasteiger partial charge in [-0.1, -0.05) is 25.0 Å². The Labute approximate surface area is 167 Å². The van der Waals surface area contributed by atoms with Crippen LogP contribution in [0.15, 0.2) is 24.3 Å². The van der Waals surface area contributed by atoms with Crippen LogP contribution in [0.5, 0.6) is 0 Å². The number of amides is 4. The molecule has 3 atom stereocenters. The molecule has 9 heteroatoms. The molecule has 1 aromatic carbocycles. The number of primary amides is 1. The third kappa shape index (κ3) is 4.13. The van der Waals surface area contributed by atoms with Crippen molar-refractivity contribution in [2.45, 2.75) is 38.6 Å². The summed E-state index contributed by atoms with van der Waals surface area (Å²) in [5.74, 6) is -3.64. The number of ether oxygens (including phenoxy) is 1. The summed E-state index contributed by atoms with van der Waals surface area (Å²) in [7, 11) is 0. The van der Waals surface area contributed by atoms with E-state index in [1.807, 2.05) is 0 Å². The molecule has 0 spiro atoms. The van der Waals surface area contributed by atoms with Crippen molar-refractivity contribution in [1.29, 1.82) is 0 Å². The van der Waals surface area contributed by atoms with Crippen molar-refractivity contribution in [3.63, 3.8) is 0 Å². The Morgan fingerprint density at radius 3 is 2.31 bits per heavy atom. The maximum atomic E-state index is 12.6. The number of anilines is 1. The van der Waals surface area contributed by atoms with E-state index in [4.69, 9.17) is 10.5 Å². The number of esters is 1. The van der Waals surface area contributed by atoms with E-state index in [9.17, 15) is 24.0 Å². The minimum absolute atomic E-state index is 0.122. The van der Waals surface area contributed by atoms with Gasteiger partial charge in [0.2, 0.25) is 11.8 Å². The minimum atomic E-state index is -1.11. The Hall–Kier alpha value is -3.23. The van der Waals surface area contributed by atoms with Gasteiger partial charge in [0.05, 0.1) is 23.1 Å². The molecule has 1 aromatic rings. The number of hydrogen-bond donors (Lipinski definition) is 2. The van der Waals surface area contributed by atoms with Gasteiger partial charge in [-0.15, -0.1) is 0 Å². The zero-order valence-electron chi connectivity index (χ0n) is 16.1. The third-order valence-corrected chi connectivity index (χ3v) is 5.42. The number of nitrogens with two attached hydrogens (primary N) is 1. The molecule has 29 heavy (non-hydrogen) atoms. The summed E-state index contributed by atoms with van der Waals surface area (Å²) >= 11 is 0. The quantitative estimate of drug-likeness (QED) is 0.535. The molecule has 0 aromatic heterocycles. The molecule has 1 aliphatic heterocycles. The van der Waals surface area contributed by atoms with E-state index in [0.717, 1.165) is 17.7 Å². The largest absolute Gasteiger partial charge is 0.454 e. The number of likely N-dealkylation sites (tertiary alicyclic amines) is 1. The second-order valence-electron chi connectivity index (χ2n) is 7.29. The minimum Gasteiger partial charge on any atom is -0.454 e. The molecule has 4 amide bonds. The summed E-state index contributed by atoms with van der Waals surface area (Å²) in [5.41, 5.74) is 5.57. The number of rotatable bonds is 6. The van der Waals surface area contributed by atoms with Crippen molar-refractivity contribution >= 4 is 35.3 Å². The monoisotopic (exact) mass is 401 g/mol. The molecule has 1 heterocycles. The SMILES string of the molecule is C[C@@H](C(=O)OCC(=O)Nc1ccccc1C(N)=O)N1C(=O)[C@H]2CCCC[C@@H]2C1=O. The molecular weight excluding hydrogens is 378 g/mol. The van der Waals surface area contributed by atoms with Crippen LogP contribution in [0.2, 0.25) is 0 Å². The second-order valence-corrected chi connectivity index (χ2v) is 7.29. The summed E-state index contributed by atoms with van der Waals surface area (Å²) < 4.78 is 4.99. The molecular formula is C20H23N3O6. The van der Waals surface area contributed by atoms with Crippen LogP contribution in [0.1, 0.15) is 43.0 Å². The van der Waals surface area contributed by atoms with Crippen LogP contribution in [0.3, 0.4) is 0 Å². The van der Waals surface area contributed by atoms with Gasteiger partial charge >= 0.3 is 5.97 Å². The number of nitrogens with zero attached hydrogens (tertiary/aromatic N) is 1. The second kappa shape index (κ2) is 8.42. The summed E-state index contributed by atoms with van der Waals surface area (Å²) in [4.78, 5) is 61.9. The topological polar surface area (TPSA) is 136 Å². The summed E-state index contributed by atoms with van der Waals surface area (Å²) in [5, 5.41) is 2.45. The lowest BCUT2D eigenvalue weighted by Gasteiger charge is -2.21. The fourth-order valence-corrected chi connectivity index (χ4v) is 3.93. The van der Waals surface area contributed by atoms with Crippen molar-refractivity contribution in [3.05, 3.63) is 29.8 Å². The molecule has 2 aliphatic rings. The van der Waals surface area contributed by atoms with Crippen LogP contribution in [-0.2, 0) is 23.9 Å². The highest BCUT2D eigenvalue weighted by molar-refractivity contribution is 6.08. The van der Waals surface area contributed by atoms with E-state index in [1.165, 1.54) is 19.1 Å². The van der Waals surface area contributed by atoms with Crippen LogP contribution >= 0.6 is 0 Å². The molecule has 154 valence electrons. The van der Waals surface area contributed by atoms with Crippen LogP contribution < -0.4 is 11.1 Å². The maximum absolute atomic E-state index is 12.6. The molecule has 2 fully saturated rings. The molecule has 9 nitrogen and oxygen atoms in total. The molecule has 1 aliphatic carbocycles. The van der Waals surface area contributed by atoms with Gasteiger partial charge in [0.25, 0.3) is 11.8 Å². The average molecular weight is 401 g/mol. The lowest BCUT2D eigenvalue weighted by Crippen LogP contribution is -2.45. The molecule has 0 radical (unpaired) electrons. The van der Waals surface area contributed by atoms with Crippen LogP contribution in [0.25, 0.3) is 0 Å². The summed E-state index contributed by atoms with van der Waals surface area (Å²) in [6.07, 6.45) is 3.07. The zero-order valence-corrected chi connectivity index (χ0v) is 16.1. The first-order valence-corrected chi connectivity index (χ1v) is 9.53. The highest BCUT2D eigenvalue weighted by Crippen LogP contribution is 2.38. The Morgan fingerprint density at radius 2 is 1.72 bits per heavy atom. The Bertz CT molecular complexity index is 844. The van der Waals surface area contributed by atoms with E-state index in [-0.39, 0.29) is 34.9 Å². The van der Waals surface area contributed by atoms with E-state index in [1.54, 1.807) is 12.1 Å². The first kappa shape index (κ1) is 20.5. The number of carbonyl (C=O) groups is 5. The predicted molar refractivity (Wildman–Crippen MR) is 101 cm³/mol. The number of fused-ring (bicyclic) bond motifs is 1. The van der Waals surface area contributed by atoms with Gasteiger partial charge < -0.3 is 15.8 Å². The van der Waals surface area contributed by atoms with Crippen LogP contribution in [0.4, 0.5) is 5.69 Å². The van der Waals surface area contributed by atoms with Crippen molar-refractivity contribution in [3.8, 4) is 0 Å². The smallest absolute Gasteiger partial charge is 0.329 e. The van der Waals surface area contributed by atoms with Gasteiger partial charge in [-0.3, -0.25) is 24.1 Å². The molecule has 1 saturated carbocycles. The van der Waals surface area contributed by atoms with Gasteiger partial charge in [0, 0.05) is 0 Å². The zero-order chi connectivity index (χ0) is 21.1. The fraction of sp³-hybridized carbons (Fsp3) is 0.450. The first-order valence-electron chi connectivity index (χ1n) is 9.53. The Kier molecular flexibility index (Phi) is 5.95. The average Bonchev–Trinajstić information content (AvgIpc) is 2.96. The molecule has 0 bridgehead atoms. The van der Waals surface area contributed by atoms with Gasteiger partial charge in [0.15, 0.2) is 6.61 Å². The molecule has 0 unspecified atom stereocenters. The van der Waals surface area contributed by atoms with Gasteiger partial charge in [-0.2, -0.15) is 0 Å². The lowest BCUT2D eigenvalue weighted by atomic mass is 9.81. The third-order valence-electron chi connectivity index (χ3n) is 5.42. The van der Waals surface area contributed by atoms with Gasteiger partial charge in [-0.05, 0) is 31.9 Å². The predicted octanol–water partition coefficient (Wildman–Crippen LogP) is 0.831. The highest BCUT2D eigenvalue weighted by atomic mass is 16.5. The number of imide groups is 1. The van der Waals surface area contributed by atoms with Gasteiger partial charge in [0.1, 0.15) is 6.04 Å². The number of nitrogens with one attached hydrogen (secondary N) is 1. The number of para-hydroxylation sites is 1.